The summed E-state index contributed by atoms with van der Waals surface area (Å²) < 4.78 is 4.81. The minimum atomic E-state index is -0.284. The Bertz CT molecular complexity index is 137. The molecule has 0 aromatic rings. The summed E-state index contributed by atoms with van der Waals surface area (Å²) in [5, 5.41) is 0. The van der Waals surface area contributed by atoms with Crippen LogP contribution >= 0.6 is 0 Å². The molecule has 0 rings (SSSR count). The van der Waals surface area contributed by atoms with Crippen molar-refractivity contribution in [2.45, 2.75) is 26.7 Å². The van der Waals surface area contributed by atoms with Gasteiger partial charge in [0.1, 0.15) is 0 Å². The van der Waals surface area contributed by atoms with Gasteiger partial charge in [-0.3, -0.25) is 0 Å². The van der Waals surface area contributed by atoms with E-state index in [0.29, 0.717) is 12.2 Å². The van der Waals surface area contributed by atoms with Crippen molar-refractivity contribution in [1.82, 2.24) is 0 Å². The normalized spacial score (nSPS) is 8.18. The summed E-state index contributed by atoms with van der Waals surface area (Å²) in [5.74, 6) is -0.284. The Morgan fingerprint density at radius 1 is 1.64 bits per heavy atom. The first-order valence-electron chi connectivity index (χ1n) is 3.51. The minimum Gasteiger partial charge on any atom is -1.00 e. The second-order valence-corrected chi connectivity index (χ2v) is 2.27. The van der Waals surface area contributed by atoms with Crippen LogP contribution < -0.4 is 51.4 Å². The summed E-state index contributed by atoms with van der Waals surface area (Å²) >= 11 is 0. The Hall–Kier alpha value is 0.846. The van der Waals surface area contributed by atoms with Crippen molar-refractivity contribution in [2.75, 3.05) is 6.61 Å². The fourth-order valence-electron chi connectivity index (χ4n) is 0.432. The van der Waals surface area contributed by atoms with E-state index in [1.54, 1.807) is 6.92 Å². The molecule has 0 aliphatic rings. The largest absolute Gasteiger partial charge is 1.00 e. The van der Waals surface area contributed by atoms with Gasteiger partial charge in [-0.2, -0.15) is 0 Å². The van der Waals surface area contributed by atoms with Crippen molar-refractivity contribution in [1.29, 1.82) is 0 Å². The van der Waals surface area contributed by atoms with E-state index in [9.17, 15) is 4.79 Å². The average molecular weight is 182 g/mol. The summed E-state index contributed by atoms with van der Waals surface area (Å²) in [4.78, 5) is 10.7. The maximum absolute atomic E-state index is 10.7. The van der Waals surface area contributed by atoms with Crippen LogP contribution in [0.1, 0.15) is 28.1 Å². The van der Waals surface area contributed by atoms with Crippen LogP contribution in [-0.2, 0) is 9.53 Å². The zero-order chi connectivity index (χ0) is 7.98. The predicted molar refractivity (Wildman–Crippen MR) is 41.8 cm³/mol. The second kappa shape index (κ2) is 8.94. The quantitative estimate of drug-likeness (QED) is 0.242. The van der Waals surface area contributed by atoms with Gasteiger partial charge in [-0.1, -0.05) is 19.9 Å². The topological polar surface area (TPSA) is 26.3 Å². The molecule has 0 aromatic carbocycles. The molecule has 0 fully saturated rings. The molecule has 0 unspecified atom stereocenters. The first kappa shape index (κ1) is 14.4. The van der Waals surface area contributed by atoms with Crippen LogP contribution in [0.3, 0.4) is 0 Å². The standard InChI is InChI=1S/C8H14O2.K.H/c1-4-5-6-10-8(9)7(2)3;;/h2,4-6H2,1,3H3;;/q;+1;-1. The number of hydrogen-bond acceptors (Lipinski definition) is 2. The monoisotopic (exact) mass is 182 g/mol. The van der Waals surface area contributed by atoms with Crippen molar-refractivity contribution < 1.29 is 62.3 Å². The molecule has 0 spiro atoms. The Kier molecular flexibility index (Phi) is 11.7. The van der Waals surface area contributed by atoms with E-state index in [2.05, 4.69) is 13.5 Å². The molecular weight excluding hydrogens is 167 g/mol. The van der Waals surface area contributed by atoms with Gasteiger partial charge in [-0.25, -0.2) is 4.79 Å². The van der Waals surface area contributed by atoms with E-state index in [0.717, 1.165) is 12.8 Å². The summed E-state index contributed by atoms with van der Waals surface area (Å²) in [6.45, 7) is 7.67. The predicted octanol–water partition coefficient (Wildman–Crippen LogP) is -0.978. The van der Waals surface area contributed by atoms with E-state index in [4.69, 9.17) is 4.74 Å². The van der Waals surface area contributed by atoms with Gasteiger partial charge in [-0.15, -0.1) is 0 Å². The number of unbranched alkanes of at least 4 members (excludes halogenated alkanes) is 1. The molecule has 11 heavy (non-hydrogen) atoms. The van der Waals surface area contributed by atoms with Crippen molar-refractivity contribution in [3.8, 4) is 0 Å². The maximum Gasteiger partial charge on any atom is 1.00 e. The van der Waals surface area contributed by atoms with Crippen molar-refractivity contribution >= 4 is 5.97 Å². The molecule has 0 aromatic heterocycles. The van der Waals surface area contributed by atoms with Gasteiger partial charge in [0.25, 0.3) is 0 Å². The molecule has 3 heteroatoms. The van der Waals surface area contributed by atoms with Crippen molar-refractivity contribution in [3.05, 3.63) is 12.2 Å². The molecule has 0 heterocycles. The maximum atomic E-state index is 10.7. The van der Waals surface area contributed by atoms with Crippen LogP contribution in [0.25, 0.3) is 0 Å². The van der Waals surface area contributed by atoms with Crippen LogP contribution in [0.5, 0.6) is 0 Å². The Morgan fingerprint density at radius 3 is 2.55 bits per heavy atom. The molecule has 0 amide bonds. The fraction of sp³-hybridized carbons (Fsp3) is 0.625. The fourth-order valence-corrected chi connectivity index (χ4v) is 0.432. The molecule has 2 nitrogen and oxygen atoms in total. The van der Waals surface area contributed by atoms with Crippen molar-refractivity contribution in [3.63, 3.8) is 0 Å². The third-order valence-corrected chi connectivity index (χ3v) is 1.08. The second-order valence-electron chi connectivity index (χ2n) is 2.27. The summed E-state index contributed by atoms with van der Waals surface area (Å²) in [5.41, 5.74) is 0.469. The Morgan fingerprint density at radius 2 is 2.18 bits per heavy atom. The Labute approximate surface area is 112 Å². The molecule has 0 radical (unpaired) electrons. The molecular formula is C8H15KO2. The van der Waals surface area contributed by atoms with E-state index in [1.807, 2.05) is 0 Å². The van der Waals surface area contributed by atoms with E-state index in [1.165, 1.54) is 0 Å². The number of carbonyl (C=O) groups is 1. The first-order chi connectivity index (χ1) is 4.68. The number of ether oxygens (including phenoxy) is 1. The van der Waals surface area contributed by atoms with E-state index < -0.39 is 0 Å². The van der Waals surface area contributed by atoms with Gasteiger partial charge in [0.2, 0.25) is 0 Å². The number of esters is 1. The molecule has 0 saturated carbocycles. The zero-order valence-corrected chi connectivity index (χ0v) is 10.8. The molecule has 0 saturated heterocycles. The van der Waals surface area contributed by atoms with Gasteiger partial charge < -0.3 is 6.16 Å². The summed E-state index contributed by atoms with van der Waals surface area (Å²) in [7, 11) is 0. The van der Waals surface area contributed by atoms with Crippen LogP contribution in [0.4, 0.5) is 0 Å². The molecule has 60 valence electrons. The number of hydrogen-bond donors (Lipinski definition) is 0. The van der Waals surface area contributed by atoms with Crippen molar-refractivity contribution in [2.24, 2.45) is 0 Å². The third kappa shape index (κ3) is 8.76. The zero-order valence-electron chi connectivity index (χ0n) is 8.64. The molecule has 0 atom stereocenters. The number of rotatable bonds is 4. The van der Waals surface area contributed by atoms with Crippen LogP contribution in [0.2, 0.25) is 0 Å². The van der Waals surface area contributed by atoms with Gasteiger partial charge in [0.15, 0.2) is 0 Å². The van der Waals surface area contributed by atoms with Gasteiger partial charge in [-0.05, 0) is 13.3 Å². The summed E-state index contributed by atoms with van der Waals surface area (Å²) in [6.07, 6.45) is 1.97. The molecule has 0 bridgehead atoms. The minimum absolute atomic E-state index is 0. The van der Waals surface area contributed by atoms with Crippen LogP contribution in [0.15, 0.2) is 12.2 Å². The van der Waals surface area contributed by atoms with Gasteiger partial charge in [0.05, 0.1) is 6.61 Å². The molecule has 0 N–H and O–H groups in total. The van der Waals surface area contributed by atoms with Gasteiger partial charge >= 0.3 is 57.4 Å². The van der Waals surface area contributed by atoms with Gasteiger partial charge in [0, 0.05) is 5.57 Å². The molecule has 0 aliphatic carbocycles. The third-order valence-electron chi connectivity index (χ3n) is 1.08. The average Bonchev–Trinajstić information content (AvgIpc) is 1.88. The summed E-state index contributed by atoms with van der Waals surface area (Å²) in [6, 6.07) is 0. The van der Waals surface area contributed by atoms with E-state index in [-0.39, 0.29) is 58.8 Å². The first-order valence-corrected chi connectivity index (χ1v) is 3.51. The van der Waals surface area contributed by atoms with Crippen LogP contribution in [-0.4, -0.2) is 12.6 Å². The van der Waals surface area contributed by atoms with Crippen LogP contribution in [0, 0.1) is 0 Å². The number of carbonyl (C=O) groups excluding carboxylic acids is 1. The SMILES string of the molecule is C=C(C)C(=O)OCCCC.[H-].[K+]. The molecule has 0 aliphatic heterocycles. The smallest absolute Gasteiger partial charge is 1.00 e. The Balaban J connectivity index is -0.000000405. The van der Waals surface area contributed by atoms with E-state index >= 15 is 0 Å².